The molecular formula is C12H14Br2N2O. The summed E-state index contributed by atoms with van der Waals surface area (Å²) in [7, 11) is 0. The molecule has 0 saturated heterocycles. The Bertz CT molecular complexity index is 403. The first kappa shape index (κ1) is 13.0. The van der Waals surface area contributed by atoms with Crippen LogP contribution in [0.3, 0.4) is 0 Å². The molecule has 5 heteroatoms. The molecule has 1 fully saturated rings. The van der Waals surface area contributed by atoms with Crippen LogP contribution in [0.15, 0.2) is 22.9 Å². The second kappa shape index (κ2) is 5.96. The summed E-state index contributed by atoms with van der Waals surface area (Å²) in [4.78, 5) is 16.6. The van der Waals surface area contributed by atoms with Crippen molar-refractivity contribution in [1.82, 2.24) is 10.3 Å². The van der Waals surface area contributed by atoms with Gasteiger partial charge < -0.3 is 5.32 Å². The quantitative estimate of drug-likeness (QED) is 0.821. The van der Waals surface area contributed by atoms with E-state index < -0.39 is 0 Å². The summed E-state index contributed by atoms with van der Waals surface area (Å²) in [5.41, 5.74) is 0.611. The Hall–Kier alpha value is -0.420. The number of rotatable bonds is 2. The van der Waals surface area contributed by atoms with Crippen molar-refractivity contribution in [2.24, 2.45) is 0 Å². The summed E-state index contributed by atoms with van der Waals surface area (Å²) in [5, 5.41) is 3.06. The fourth-order valence-corrected chi connectivity index (χ4v) is 2.90. The second-order valence-corrected chi connectivity index (χ2v) is 6.52. The number of carbonyl (C=O) groups excluding carboxylic acids is 1. The Labute approximate surface area is 118 Å². The molecule has 1 aromatic rings. The Morgan fingerprint density at radius 2 is 2.00 bits per heavy atom. The Morgan fingerprint density at radius 1 is 1.29 bits per heavy atom. The number of hydrogen-bond donors (Lipinski definition) is 1. The van der Waals surface area contributed by atoms with E-state index in [1.807, 2.05) is 0 Å². The predicted molar refractivity (Wildman–Crippen MR) is 74.4 cm³/mol. The van der Waals surface area contributed by atoms with Crippen LogP contribution in [0.5, 0.6) is 0 Å². The molecule has 1 aliphatic carbocycles. The lowest BCUT2D eigenvalue weighted by atomic mass is 9.95. The van der Waals surface area contributed by atoms with Gasteiger partial charge in [0.1, 0.15) is 0 Å². The highest BCUT2D eigenvalue weighted by Crippen LogP contribution is 2.24. The van der Waals surface area contributed by atoms with E-state index in [1.54, 1.807) is 18.5 Å². The maximum Gasteiger partial charge on any atom is 0.253 e. The van der Waals surface area contributed by atoms with Crippen LogP contribution in [0, 0.1) is 0 Å². The summed E-state index contributed by atoms with van der Waals surface area (Å²) in [6.45, 7) is 0. The number of carbonyl (C=O) groups is 1. The summed E-state index contributed by atoms with van der Waals surface area (Å²) >= 11 is 6.92. The maximum atomic E-state index is 12.0. The van der Waals surface area contributed by atoms with Gasteiger partial charge in [-0.05, 0) is 47.7 Å². The van der Waals surface area contributed by atoms with Crippen molar-refractivity contribution < 1.29 is 4.79 Å². The van der Waals surface area contributed by atoms with E-state index in [2.05, 4.69) is 42.2 Å². The number of nitrogens with one attached hydrogen (secondary N) is 1. The molecule has 1 heterocycles. The van der Waals surface area contributed by atoms with Gasteiger partial charge in [-0.25, -0.2) is 0 Å². The highest BCUT2D eigenvalue weighted by atomic mass is 79.9. The van der Waals surface area contributed by atoms with E-state index in [1.165, 1.54) is 0 Å². The molecule has 17 heavy (non-hydrogen) atoms. The van der Waals surface area contributed by atoms with Gasteiger partial charge in [0.05, 0.1) is 5.56 Å². The molecule has 0 aliphatic heterocycles. The Kier molecular flexibility index (Phi) is 4.56. The van der Waals surface area contributed by atoms with Crippen LogP contribution in [0.25, 0.3) is 0 Å². The first-order chi connectivity index (χ1) is 8.15. The second-order valence-electron chi connectivity index (χ2n) is 4.31. The zero-order valence-electron chi connectivity index (χ0n) is 9.33. The smallest absolute Gasteiger partial charge is 0.253 e. The zero-order chi connectivity index (χ0) is 12.3. The van der Waals surface area contributed by atoms with E-state index in [4.69, 9.17) is 0 Å². The minimum Gasteiger partial charge on any atom is -0.349 e. The molecule has 1 amide bonds. The molecule has 1 N–H and O–H groups in total. The van der Waals surface area contributed by atoms with Crippen LogP contribution in [-0.2, 0) is 0 Å². The lowest BCUT2D eigenvalue weighted by Gasteiger charge is -2.26. The van der Waals surface area contributed by atoms with Crippen molar-refractivity contribution in [1.29, 1.82) is 0 Å². The molecule has 0 radical (unpaired) electrons. The van der Waals surface area contributed by atoms with Gasteiger partial charge in [-0.1, -0.05) is 15.9 Å². The molecule has 3 nitrogen and oxygen atoms in total. The number of alkyl halides is 1. The van der Waals surface area contributed by atoms with Gasteiger partial charge in [-0.3, -0.25) is 9.78 Å². The SMILES string of the molecule is O=C(NC1CCC(Br)CC1)c1cncc(Br)c1. The lowest BCUT2D eigenvalue weighted by Crippen LogP contribution is -2.37. The Morgan fingerprint density at radius 3 is 2.65 bits per heavy atom. The molecule has 92 valence electrons. The molecule has 0 spiro atoms. The molecule has 1 aromatic heterocycles. The van der Waals surface area contributed by atoms with Crippen molar-refractivity contribution in [3.8, 4) is 0 Å². The van der Waals surface area contributed by atoms with Crippen molar-refractivity contribution in [3.63, 3.8) is 0 Å². The van der Waals surface area contributed by atoms with Gasteiger partial charge in [-0.2, -0.15) is 0 Å². The minimum absolute atomic E-state index is 0.0307. The van der Waals surface area contributed by atoms with E-state index >= 15 is 0 Å². The van der Waals surface area contributed by atoms with Crippen molar-refractivity contribution in [2.45, 2.75) is 36.6 Å². The third-order valence-corrected chi connectivity index (χ3v) is 4.31. The summed E-state index contributed by atoms with van der Waals surface area (Å²) < 4.78 is 0.828. The molecule has 0 bridgehead atoms. The van der Waals surface area contributed by atoms with Gasteiger partial charge in [0.25, 0.3) is 5.91 Å². The predicted octanol–water partition coefficient (Wildman–Crippen LogP) is 3.28. The summed E-state index contributed by atoms with van der Waals surface area (Å²) in [6.07, 6.45) is 7.61. The minimum atomic E-state index is -0.0307. The fourth-order valence-electron chi connectivity index (χ4n) is 2.00. The number of halogens is 2. The molecule has 0 atom stereocenters. The third-order valence-electron chi connectivity index (χ3n) is 2.96. The standard InChI is InChI=1S/C12H14Br2N2O/c13-9-1-3-11(4-2-9)16-12(17)8-5-10(14)7-15-6-8/h5-7,9,11H,1-4H2,(H,16,17). The normalized spacial score (nSPS) is 24.4. The number of hydrogen-bond acceptors (Lipinski definition) is 2. The van der Waals surface area contributed by atoms with Crippen LogP contribution < -0.4 is 5.32 Å². The highest BCUT2D eigenvalue weighted by Gasteiger charge is 2.21. The van der Waals surface area contributed by atoms with Crippen molar-refractivity contribution in [3.05, 3.63) is 28.5 Å². The highest BCUT2D eigenvalue weighted by molar-refractivity contribution is 9.10. The topological polar surface area (TPSA) is 42.0 Å². The molecule has 0 aromatic carbocycles. The molecular weight excluding hydrogens is 348 g/mol. The van der Waals surface area contributed by atoms with Gasteiger partial charge in [0.15, 0.2) is 0 Å². The third kappa shape index (κ3) is 3.78. The molecule has 1 saturated carbocycles. The van der Waals surface area contributed by atoms with Crippen molar-refractivity contribution >= 4 is 37.8 Å². The molecule has 0 unspecified atom stereocenters. The average Bonchev–Trinajstić information content (AvgIpc) is 2.32. The number of pyridine rings is 1. The largest absolute Gasteiger partial charge is 0.349 e. The first-order valence-electron chi connectivity index (χ1n) is 5.70. The van der Waals surface area contributed by atoms with Gasteiger partial charge in [-0.15, -0.1) is 0 Å². The van der Waals surface area contributed by atoms with E-state index in [9.17, 15) is 4.79 Å². The monoisotopic (exact) mass is 360 g/mol. The van der Waals surface area contributed by atoms with Crippen molar-refractivity contribution in [2.75, 3.05) is 0 Å². The molecule has 1 aliphatic rings. The maximum absolute atomic E-state index is 12.0. The summed E-state index contributed by atoms with van der Waals surface area (Å²) in [6, 6.07) is 2.09. The summed E-state index contributed by atoms with van der Waals surface area (Å²) in [5.74, 6) is -0.0307. The van der Waals surface area contributed by atoms with Crippen LogP contribution in [-0.4, -0.2) is 21.8 Å². The van der Waals surface area contributed by atoms with Crippen LogP contribution in [0.1, 0.15) is 36.0 Å². The lowest BCUT2D eigenvalue weighted by molar-refractivity contribution is 0.0928. The number of amides is 1. The van der Waals surface area contributed by atoms with Crippen LogP contribution in [0.4, 0.5) is 0 Å². The zero-order valence-corrected chi connectivity index (χ0v) is 12.5. The van der Waals surface area contributed by atoms with Gasteiger partial charge >= 0.3 is 0 Å². The van der Waals surface area contributed by atoms with E-state index in [-0.39, 0.29) is 5.91 Å². The fraction of sp³-hybridized carbons (Fsp3) is 0.500. The van der Waals surface area contributed by atoms with Crippen LogP contribution >= 0.6 is 31.9 Å². The Balaban J connectivity index is 1.93. The van der Waals surface area contributed by atoms with E-state index in [0.29, 0.717) is 16.4 Å². The van der Waals surface area contributed by atoms with Crippen LogP contribution in [0.2, 0.25) is 0 Å². The number of nitrogens with zero attached hydrogens (tertiary/aromatic N) is 1. The van der Waals surface area contributed by atoms with E-state index in [0.717, 1.165) is 30.2 Å². The average molecular weight is 362 g/mol. The number of aromatic nitrogens is 1. The van der Waals surface area contributed by atoms with Gasteiger partial charge in [0.2, 0.25) is 0 Å². The van der Waals surface area contributed by atoms with Gasteiger partial charge in [0, 0.05) is 27.7 Å². The molecule has 2 rings (SSSR count). The first-order valence-corrected chi connectivity index (χ1v) is 7.41.